The summed E-state index contributed by atoms with van der Waals surface area (Å²) < 4.78 is 47.4. The molecular formula is C43H50ClF3N4O6. The lowest BCUT2D eigenvalue weighted by Crippen LogP contribution is -2.64. The Morgan fingerprint density at radius 1 is 0.895 bits per heavy atom. The van der Waals surface area contributed by atoms with Crippen LogP contribution < -0.4 is 5.32 Å². The summed E-state index contributed by atoms with van der Waals surface area (Å²) in [5.74, 6) is -6.08. The van der Waals surface area contributed by atoms with Crippen LogP contribution in [0.2, 0.25) is 5.02 Å². The first-order valence-corrected chi connectivity index (χ1v) is 19.1. The average Bonchev–Trinajstić information content (AvgIpc) is 3.71. The Bertz CT molecular complexity index is 1930. The van der Waals surface area contributed by atoms with Crippen molar-refractivity contribution in [3.05, 3.63) is 119 Å². The second kappa shape index (κ2) is 18.4. The summed E-state index contributed by atoms with van der Waals surface area (Å²) in [6, 6.07) is 20.5. The number of carbonyl (C=O) groups is 5. The van der Waals surface area contributed by atoms with Gasteiger partial charge in [0.15, 0.2) is 5.60 Å². The molecule has 0 spiro atoms. The number of likely N-dealkylation sites (N-methyl/N-ethyl adjacent to an activating group) is 1. The number of alkyl halides is 3. The van der Waals surface area contributed by atoms with Crippen molar-refractivity contribution in [1.82, 2.24) is 20.0 Å². The van der Waals surface area contributed by atoms with Gasteiger partial charge in [0.25, 0.3) is 0 Å². The minimum absolute atomic E-state index is 0.312. The molecule has 1 fully saturated rings. The first-order chi connectivity index (χ1) is 26.8. The highest BCUT2D eigenvalue weighted by Crippen LogP contribution is 2.44. The lowest BCUT2D eigenvalue weighted by molar-refractivity contribution is -0.192. The molecule has 1 unspecified atom stereocenters. The van der Waals surface area contributed by atoms with Crippen molar-refractivity contribution in [3.8, 4) is 0 Å². The molecule has 306 valence electrons. The van der Waals surface area contributed by atoms with Gasteiger partial charge < -0.3 is 24.8 Å². The molecule has 4 amide bonds. The molecular weight excluding hydrogens is 761 g/mol. The maximum absolute atomic E-state index is 14.4. The molecule has 1 aliphatic heterocycles. The van der Waals surface area contributed by atoms with Gasteiger partial charge in [-0.2, -0.15) is 13.2 Å². The second-order valence-electron chi connectivity index (χ2n) is 15.0. The van der Waals surface area contributed by atoms with Gasteiger partial charge in [-0.05, 0) is 45.6 Å². The largest absolute Gasteiger partial charge is 0.471 e. The van der Waals surface area contributed by atoms with Crippen molar-refractivity contribution < 1.29 is 41.9 Å². The van der Waals surface area contributed by atoms with E-state index in [0.717, 1.165) is 30.4 Å². The Hall–Kier alpha value is -5.17. The predicted molar refractivity (Wildman–Crippen MR) is 211 cm³/mol. The number of carbonyl (C=O) groups excluding carboxylic acids is 5. The molecule has 1 aliphatic rings. The highest BCUT2D eigenvalue weighted by molar-refractivity contribution is 6.31. The van der Waals surface area contributed by atoms with Crippen LogP contribution in [-0.4, -0.2) is 94.8 Å². The van der Waals surface area contributed by atoms with Gasteiger partial charge >= 0.3 is 18.1 Å². The van der Waals surface area contributed by atoms with Crippen LogP contribution in [0, 0.1) is 12.8 Å². The molecule has 3 aromatic carbocycles. The van der Waals surface area contributed by atoms with Crippen LogP contribution in [-0.2, 0) is 34.3 Å². The van der Waals surface area contributed by atoms with Crippen molar-refractivity contribution in [2.75, 3.05) is 26.7 Å². The van der Waals surface area contributed by atoms with E-state index in [1.807, 2.05) is 37.3 Å². The molecule has 10 nitrogen and oxygen atoms in total. The molecule has 0 bridgehead atoms. The van der Waals surface area contributed by atoms with E-state index in [1.54, 1.807) is 62.4 Å². The van der Waals surface area contributed by atoms with E-state index >= 15 is 0 Å². The van der Waals surface area contributed by atoms with Crippen LogP contribution in [0.25, 0.3) is 0 Å². The summed E-state index contributed by atoms with van der Waals surface area (Å²) in [5, 5.41) is 3.00. The molecule has 14 heteroatoms. The third-order valence-corrected chi connectivity index (χ3v) is 10.5. The summed E-state index contributed by atoms with van der Waals surface area (Å²) in [6.07, 6.45) is -3.41. The first kappa shape index (κ1) is 44.5. The first-order valence-electron chi connectivity index (χ1n) is 18.7. The van der Waals surface area contributed by atoms with Crippen molar-refractivity contribution >= 4 is 41.2 Å². The van der Waals surface area contributed by atoms with E-state index in [4.69, 9.17) is 16.3 Å². The van der Waals surface area contributed by atoms with Gasteiger partial charge in [-0.15, -0.1) is 6.58 Å². The van der Waals surface area contributed by atoms with Crippen LogP contribution in [0.4, 0.5) is 13.2 Å². The molecule has 3 aromatic rings. The number of nitrogens with one attached hydrogen (secondary N) is 1. The highest BCUT2D eigenvalue weighted by Gasteiger charge is 2.51. The van der Waals surface area contributed by atoms with Crippen molar-refractivity contribution in [2.45, 2.75) is 83.3 Å². The molecule has 3 atom stereocenters. The normalized spacial score (nSPS) is 15.2. The molecule has 0 radical (unpaired) electrons. The quantitative estimate of drug-likeness (QED) is 0.102. The zero-order valence-electron chi connectivity index (χ0n) is 33.1. The molecule has 0 aliphatic carbocycles. The number of likely N-dealkylation sites (tertiary alicyclic amines) is 1. The SMILES string of the molecule is C=CCN(C(=O)C(F)(F)F)C(C)(C)C(=O)N(C)[C@H](C(=O)N[C@@H](CC(=O)OC(c1ccccc1)(c1ccc(C)cc1)c1ccccc1Cl)C(=O)N1CCCC1)C(C)C. The van der Waals surface area contributed by atoms with Crippen LogP contribution >= 0.6 is 11.6 Å². The Kier molecular flexibility index (Phi) is 14.4. The van der Waals surface area contributed by atoms with Crippen LogP contribution in [0.1, 0.15) is 69.2 Å². The molecule has 57 heavy (non-hydrogen) atoms. The standard InChI is InChI=1S/C43H50ClF3N4O6/c1-8-24-51(40(56)43(45,46)47)41(5,6)39(55)49(7)36(28(2)3)37(53)48-34(38(54)50-25-14-15-26-50)27-35(52)57-42(30-16-10-9-11-17-30,31-22-20-29(4)21-23-31)32-18-12-13-19-33(32)44/h8-13,16-23,28,34,36H,1,14-15,24-27H2,2-7H3,(H,48,53)/t34-,36-,42?/m0/s1. The predicted octanol–water partition coefficient (Wildman–Crippen LogP) is 6.82. The number of rotatable bonds is 15. The average molecular weight is 811 g/mol. The van der Waals surface area contributed by atoms with Gasteiger partial charge in [0.05, 0.1) is 6.42 Å². The Morgan fingerprint density at radius 3 is 2.00 bits per heavy atom. The number of amides is 4. The Balaban J connectivity index is 1.73. The summed E-state index contributed by atoms with van der Waals surface area (Å²) in [4.78, 5) is 72.1. The molecule has 1 saturated heterocycles. The number of ether oxygens (including phenoxy) is 1. The zero-order valence-corrected chi connectivity index (χ0v) is 33.8. The molecule has 0 aromatic heterocycles. The third-order valence-electron chi connectivity index (χ3n) is 10.2. The fourth-order valence-electron chi connectivity index (χ4n) is 7.30. The maximum Gasteiger partial charge on any atom is 0.471 e. The van der Waals surface area contributed by atoms with E-state index in [9.17, 15) is 37.1 Å². The van der Waals surface area contributed by atoms with E-state index < -0.39 is 77.9 Å². The molecule has 0 saturated carbocycles. The maximum atomic E-state index is 14.4. The second-order valence-corrected chi connectivity index (χ2v) is 15.4. The van der Waals surface area contributed by atoms with E-state index in [2.05, 4.69) is 11.9 Å². The van der Waals surface area contributed by atoms with Gasteiger partial charge in [0.1, 0.15) is 17.6 Å². The summed E-state index contributed by atoms with van der Waals surface area (Å²) >= 11 is 6.84. The number of benzene rings is 3. The summed E-state index contributed by atoms with van der Waals surface area (Å²) in [6.45, 7) is 11.1. The lowest BCUT2D eigenvalue weighted by atomic mass is 9.79. The van der Waals surface area contributed by atoms with Crippen LogP contribution in [0.3, 0.4) is 0 Å². The smallest absolute Gasteiger partial charge is 0.444 e. The van der Waals surface area contributed by atoms with Gasteiger partial charge in [0, 0.05) is 48.4 Å². The molecule has 1 N–H and O–H groups in total. The molecule has 4 rings (SSSR count). The molecule has 1 heterocycles. The van der Waals surface area contributed by atoms with Gasteiger partial charge in [-0.25, -0.2) is 0 Å². The highest BCUT2D eigenvalue weighted by atomic mass is 35.5. The fourth-order valence-corrected chi connectivity index (χ4v) is 7.57. The van der Waals surface area contributed by atoms with Crippen molar-refractivity contribution in [1.29, 1.82) is 0 Å². The fraction of sp³-hybridized carbons (Fsp3) is 0.419. The number of esters is 1. The van der Waals surface area contributed by atoms with E-state index in [0.29, 0.717) is 52.5 Å². The topological polar surface area (TPSA) is 116 Å². The summed E-state index contributed by atoms with van der Waals surface area (Å²) in [5.41, 5.74) is -1.12. The number of halogens is 4. The van der Waals surface area contributed by atoms with Crippen LogP contribution in [0.15, 0.2) is 91.5 Å². The Morgan fingerprint density at radius 2 is 1.46 bits per heavy atom. The minimum atomic E-state index is -5.28. The number of hydrogen-bond acceptors (Lipinski definition) is 6. The van der Waals surface area contributed by atoms with Gasteiger partial charge in [-0.1, -0.05) is 110 Å². The number of aryl methyl sites for hydroxylation is 1. The minimum Gasteiger partial charge on any atom is -0.444 e. The zero-order chi connectivity index (χ0) is 42.3. The lowest BCUT2D eigenvalue weighted by Gasteiger charge is -2.42. The van der Waals surface area contributed by atoms with Gasteiger partial charge in [0.2, 0.25) is 17.7 Å². The summed E-state index contributed by atoms with van der Waals surface area (Å²) in [7, 11) is 1.24. The Labute approximate surface area is 337 Å². The van der Waals surface area contributed by atoms with E-state index in [-0.39, 0.29) is 0 Å². The van der Waals surface area contributed by atoms with Gasteiger partial charge in [-0.3, -0.25) is 24.0 Å². The van der Waals surface area contributed by atoms with Crippen molar-refractivity contribution in [2.24, 2.45) is 5.92 Å². The van der Waals surface area contributed by atoms with Crippen molar-refractivity contribution in [3.63, 3.8) is 0 Å². The monoisotopic (exact) mass is 810 g/mol. The number of nitrogens with zero attached hydrogens (tertiary/aromatic N) is 3. The van der Waals surface area contributed by atoms with E-state index in [1.165, 1.54) is 11.9 Å². The third kappa shape index (κ3) is 9.87. The number of hydrogen-bond donors (Lipinski definition) is 1. The van der Waals surface area contributed by atoms with Crippen LogP contribution in [0.5, 0.6) is 0 Å².